The molecule has 2 N–H and O–H groups in total. The molecule has 18 heavy (non-hydrogen) atoms. The zero-order valence-corrected chi connectivity index (χ0v) is 12.0. The first-order valence-corrected chi connectivity index (χ1v) is 7.65. The molecule has 1 spiro atoms. The standard InChI is InChI=1S/C15H29NO2/c1-12(2)9-13(11-17)16-10-14-5-8-15(18-14)6-3-4-7-15/h12-14,16-17H,3-11H2,1-2H3. The van der Waals surface area contributed by atoms with Gasteiger partial charge in [0.1, 0.15) is 0 Å². The molecule has 3 heteroatoms. The highest BCUT2D eigenvalue weighted by molar-refractivity contribution is 4.93. The Hall–Kier alpha value is -0.120. The van der Waals surface area contributed by atoms with E-state index < -0.39 is 0 Å². The van der Waals surface area contributed by atoms with E-state index >= 15 is 0 Å². The van der Waals surface area contributed by atoms with Crippen LogP contribution < -0.4 is 5.32 Å². The molecule has 106 valence electrons. The number of aliphatic hydroxyl groups is 1. The summed E-state index contributed by atoms with van der Waals surface area (Å²) < 4.78 is 6.27. The Morgan fingerprint density at radius 1 is 1.28 bits per heavy atom. The largest absolute Gasteiger partial charge is 0.395 e. The summed E-state index contributed by atoms with van der Waals surface area (Å²) in [4.78, 5) is 0. The van der Waals surface area contributed by atoms with Crippen molar-refractivity contribution in [3.05, 3.63) is 0 Å². The topological polar surface area (TPSA) is 41.5 Å². The summed E-state index contributed by atoms with van der Waals surface area (Å²) in [6.07, 6.45) is 9.04. The molecule has 2 aliphatic rings. The second-order valence-electron chi connectivity index (χ2n) is 6.59. The van der Waals surface area contributed by atoms with Gasteiger partial charge in [-0.2, -0.15) is 0 Å². The molecule has 2 fully saturated rings. The number of nitrogens with one attached hydrogen (secondary N) is 1. The fourth-order valence-electron chi connectivity index (χ4n) is 3.52. The van der Waals surface area contributed by atoms with Gasteiger partial charge in [0.25, 0.3) is 0 Å². The van der Waals surface area contributed by atoms with Gasteiger partial charge in [-0.25, -0.2) is 0 Å². The van der Waals surface area contributed by atoms with Crippen molar-refractivity contribution in [1.82, 2.24) is 5.32 Å². The van der Waals surface area contributed by atoms with Crippen LogP contribution in [0.3, 0.4) is 0 Å². The Labute approximate surface area is 111 Å². The highest BCUT2D eigenvalue weighted by Crippen LogP contribution is 2.43. The van der Waals surface area contributed by atoms with Crippen LogP contribution in [0, 0.1) is 5.92 Å². The Balaban J connectivity index is 1.71. The van der Waals surface area contributed by atoms with Crippen LogP contribution >= 0.6 is 0 Å². The maximum atomic E-state index is 9.35. The minimum Gasteiger partial charge on any atom is -0.395 e. The second kappa shape index (κ2) is 6.36. The Bertz CT molecular complexity index is 249. The highest BCUT2D eigenvalue weighted by Gasteiger charge is 2.41. The van der Waals surface area contributed by atoms with Gasteiger partial charge < -0.3 is 15.2 Å². The maximum absolute atomic E-state index is 9.35. The van der Waals surface area contributed by atoms with Crippen molar-refractivity contribution >= 4 is 0 Å². The number of ether oxygens (including phenoxy) is 1. The van der Waals surface area contributed by atoms with Crippen molar-refractivity contribution in [3.63, 3.8) is 0 Å². The monoisotopic (exact) mass is 255 g/mol. The van der Waals surface area contributed by atoms with E-state index in [1.807, 2.05) is 0 Å². The number of rotatable bonds is 6. The van der Waals surface area contributed by atoms with Crippen LogP contribution in [0.5, 0.6) is 0 Å². The van der Waals surface area contributed by atoms with Gasteiger partial charge in [0.15, 0.2) is 0 Å². The van der Waals surface area contributed by atoms with Gasteiger partial charge in [-0.1, -0.05) is 26.7 Å². The van der Waals surface area contributed by atoms with Gasteiger partial charge >= 0.3 is 0 Å². The minimum absolute atomic E-state index is 0.230. The van der Waals surface area contributed by atoms with E-state index in [-0.39, 0.29) is 18.2 Å². The second-order valence-corrected chi connectivity index (χ2v) is 6.59. The number of hydrogen-bond acceptors (Lipinski definition) is 3. The molecule has 0 bridgehead atoms. The van der Waals surface area contributed by atoms with E-state index in [4.69, 9.17) is 4.74 Å². The summed E-state index contributed by atoms with van der Waals surface area (Å²) in [5.74, 6) is 0.625. The van der Waals surface area contributed by atoms with Crippen LogP contribution in [0.2, 0.25) is 0 Å². The Kier molecular flexibility index (Phi) is 5.05. The van der Waals surface area contributed by atoms with Gasteiger partial charge in [0.05, 0.1) is 18.3 Å². The van der Waals surface area contributed by atoms with Crippen molar-refractivity contribution in [3.8, 4) is 0 Å². The zero-order valence-electron chi connectivity index (χ0n) is 12.0. The van der Waals surface area contributed by atoms with Crippen molar-refractivity contribution in [2.45, 2.75) is 76.5 Å². The van der Waals surface area contributed by atoms with Crippen LogP contribution in [0.15, 0.2) is 0 Å². The third-order valence-electron chi connectivity index (χ3n) is 4.46. The molecule has 1 saturated carbocycles. The highest BCUT2D eigenvalue weighted by atomic mass is 16.5. The first-order chi connectivity index (χ1) is 8.63. The van der Waals surface area contributed by atoms with Crippen LogP contribution in [-0.2, 0) is 4.74 Å². The van der Waals surface area contributed by atoms with Crippen LogP contribution in [0.4, 0.5) is 0 Å². The predicted molar refractivity (Wildman–Crippen MR) is 73.6 cm³/mol. The lowest BCUT2D eigenvalue weighted by Gasteiger charge is -2.25. The molecule has 2 rings (SSSR count). The quantitative estimate of drug-likeness (QED) is 0.766. The summed E-state index contributed by atoms with van der Waals surface area (Å²) in [6.45, 7) is 5.53. The van der Waals surface area contributed by atoms with Gasteiger partial charge in [-0.05, 0) is 38.0 Å². The van der Waals surface area contributed by atoms with Crippen molar-refractivity contribution in [2.24, 2.45) is 5.92 Å². The molecule has 2 atom stereocenters. The van der Waals surface area contributed by atoms with Crippen molar-refractivity contribution < 1.29 is 9.84 Å². The smallest absolute Gasteiger partial charge is 0.0708 e. The normalized spacial score (nSPS) is 28.3. The predicted octanol–water partition coefficient (Wildman–Crippen LogP) is 2.47. The molecule has 0 amide bonds. The van der Waals surface area contributed by atoms with E-state index in [1.54, 1.807) is 0 Å². The average Bonchev–Trinajstić information content (AvgIpc) is 2.95. The average molecular weight is 255 g/mol. The molecular formula is C15H29NO2. The van der Waals surface area contributed by atoms with Crippen LogP contribution in [-0.4, -0.2) is 36.0 Å². The number of aliphatic hydroxyl groups excluding tert-OH is 1. The van der Waals surface area contributed by atoms with E-state index in [0.29, 0.717) is 12.0 Å². The first-order valence-electron chi connectivity index (χ1n) is 7.65. The number of hydrogen-bond donors (Lipinski definition) is 2. The van der Waals surface area contributed by atoms with E-state index in [2.05, 4.69) is 19.2 Å². The lowest BCUT2D eigenvalue weighted by atomic mass is 9.98. The molecule has 2 unspecified atom stereocenters. The lowest BCUT2D eigenvalue weighted by Crippen LogP contribution is -2.39. The van der Waals surface area contributed by atoms with E-state index in [0.717, 1.165) is 13.0 Å². The molecular weight excluding hydrogens is 226 g/mol. The molecule has 1 aliphatic carbocycles. The molecule has 1 saturated heterocycles. The molecule has 0 aromatic heterocycles. The molecule has 1 heterocycles. The molecule has 1 aliphatic heterocycles. The molecule has 0 aromatic carbocycles. The fraction of sp³-hybridized carbons (Fsp3) is 1.00. The Morgan fingerprint density at radius 3 is 2.61 bits per heavy atom. The third-order valence-corrected chi connectivity index (χ3v) is 4.46. The molecule has 0 radical (unpaired) electrons. The van der Waals surface area contributed by atoms with Gasteiger partial charge in [0.2, 0.25) is 0 Å². The molecule has 0 aromatic rings. The Morgan fingerprint density at radius 2 is 2.00 bits per heavy atom. The summed E-state index contributed by atoms with van der Waals surface area (Å²) >= 11 is 0. The van der Waals surface area contributed by atoms with Gasteiger partial charge in [0, 0.05) is 12.6 Å². The van der Waals surface area contributed by atoms with E-state index in [9.17, 15) is 5.11 Å². The maximum Gasteiger partial charge on any atom is 0.0708 e. The fourth-order valence-corrected chi connectivity index (χ4v) is 3.52. The summed E-state index contributed by atoms with van der Waals surface area (Å²) in [6, 6.07) is 0.230. The lowest BCUT2D eigenvalue weighted by molar-refractivity contribution is -0.0365. The van der Waals surface area contributed by atoms with Gasteiger partial charge in [-0.15, -0.1) is 0 Å². The third kappa shape index (κ3) is 3.69. The first kappa shape index (κ1) is 14.3. The van der Waals surface area contributed by atoms with Crippen molar-refractivity contribution in [1.29, 1.82) is 0 Å². The summed E-state index contributed by atoms with van der Waals surface area (Å²) in [5.41, 5.74) is 0.235. The van der Waals surface area contributed by atoms with Gasteiger partial charge in [-0.3, -0.25) is 0 Å². The SMILES string of the molecule is CC(C)CC(CO)NCC1CCC2(CCCC2)O1. The minimum atomic E-state index is 0.230. The van der Waals surface area contributed by atoms with Crippen LogP contribution in [0.1, 0.15) is 58.8 Å². The summed E-state index contributed by atoms with van der Waals surface area (Å²) in [7, 11) is 0. The summed E-state index contributed by atoms with van der Waals surface area (Å²) in [5, 5.41) is 12.8. The van der Waals surface area contributed by atoms with E-state index in [1.165, 1.54) is 38.5 Å². The zero-order chi connectivity index (χ0) is 13.0. The molecule has 3 nitrogen and oxygen atoms in total. The van der Waals surface area contributed by atoms with Crippen molar-refractivity contribution in [2.75, 3.05) is 13.2 Å². The van der Waals surface area contributed by atoms with Crippen LogP contribution in [0.25, 0.3) is 0 Å².